The van der Waals surface area contributed by atoms with Crippen molar-refractivity contribution >= 4 is 24.2 Å². The van der Waals surface area contributed by atoms with Crippen LogP contribution < -0.4 is 14.8 Å². The zero-order valence-corrected chi connectivity index (χ0v) is 11.5. The highest BCUT2D eigenvalue weighted by molar-refractivity contribution is 7.80. The Morgan fingerprint density at radius 3 is 2.68 bits per heavy atom. The van der Waals surface area contributed by atoms with E-state index in [9.17, 15) is 4.79 Å². The third kappa shape index (κ3) is 2.81. The maximum atomic E-state index is 12.0. The molecule has 4 nitrogen and oxygen atoms in total. The molecule has 1 fully saturated rings. The molecular weight excluding hydrogens is 262 g/mol. The number of ether oxygens (including phenoxy) is 2. The fourth-order valence-electron chi connectivity index (χ4n) is 2.23. The summed E-state index contributed by atoms with van der Waals surface area (Å²) in [5.41, 5.74) is 0.894. The van der Waals surface area contributed by atoms with Crippen LogP contribution in [0.3, 0.4) is 0 Å². The topological polar surface area (TPSA) is 47.6 Å². The number of hydrogen-bond acceptors (Lipinski definition) is 4. The van der Waals surface area contributed by atoms with Gasteiger partial charge in [-0.3, -0.25) is 4.79 Å². The summed E-state index contributed by atoms with van der Waals surface area (Å²) in [6, 6.07) is 5.48. The van der Waals surface area contributed by atoms with Crippen molar-refractivity contribution < 1.29 is 14.3 Å². The van der Waals surface area contributed by atoms with Gasteiger partial charge in [-0.25, -0.2) is 0 Å². The van der Waals surface area contributed by atoms with Gasteiger partial charge in [-0.2, -0.15) is 12.6 Å². The molecule has 0 aromatic heterocycles. The van der Waals surface area contributed by atoms with Crippen LogP contribution >= 0.6 is 12.6 Å². The van der Waals surface area contributed by atoms with E-state index >= 15 is 0 Å². The van der Waals surface area contributed by atoms with E-state index in [0.29, 0.717) is 25.4 Å². The highest BCUT2D eigenvalue weighted by atomic mass is 32.1. The van der Waals surface area contributed by atoms with E-state index in [4.69, 9.17) is 9.47 Å². The Morgan fingerprint density at radius 1 is 1.26 bits per heavy atom. The first-order valence-electron chi connectivity index (χ1n) is 6.51. The van der Waals surface area contributed by atoms with Crippen molar-refractivity contribution in [2.45, 2.75) is 19.3 Å². The first-order chi connectivity index (χ1) is 9.21. The van der Waals surface area contributed by atoms with E-state index in [-0.39, 0.29) is 11.3 Å². The van der Waals surface area contributed by atoms with E-state index in [1.807, 2.05) is 18.2 Å². The standard InChI is InChI=1S/C14H17NO3S/c16-13(8-14(9-19)3-4-14)15-10-1-2-11-12(7-10)18-6-5-17-11/h1-2,7,19H,3-6,8-9H2,(H,15,16). The lowest BCUT2D eigenvalue weighted by Gasteiger charge is -2.19. The minimum atomic E-state index is 0.0447. The number of anilines is 1. The van der Waals surface area contributed by atoms with Gasteiger partial charge in [-0.15, -0.1) is 0 Å². The summed E-state index contributed by atoms with van der Waals surface area (Å²) in [6.07, 6.45) is 2.75. The largest absolute Gasteiger partial charge is 0.486 e. The van der Waals surface area contributed by atoms with Gasteiger partial charge in [0.1, 0.15) is 13.2 Å². The molecular formula is C14H17NO3S. The molecule has 1 amide bonds. The van der Waals surface area contributed by atoms with E-state index < -0.39 is 0 Å². The van der Waals surface area contributed by atoms with E-state index in [0.717, 1.165) is 30.0 Å². The second-order valence-electron chi connectivity index (χ2n) is 5.24. The minimum Gasteiger partial charge on any atom is -0.486 e. The smallest absolute Gasteiger partial charge is 0.224 e. The van der Waals surface area contributed by atoms with Crippen LogP contribution in [0.2, 0.25) is 0 Å². The summed E-state index contributed by atoms with van der Waals surface area (Å²) in [5, 5.41) is 2.91. The summed E-state index contributed by atoms with van der Waals surface area (Å²) < 4.78 is 10.9. The molecule has 1 aromatic rings. The normalized spacial score (nSPS) is 18.8. The van der Waals surface area contributed by atoms with Gasteiger partial charge < -0.3 is 14.8 Å². The summed E-state index contributed by atoms with van der Waals surface area (Å²) in [6.45, 7) is 1.12. The van der Waals surface area contributed by atoms with Crippen molar-refractivity contribution in [2.24, 2.45) is 5.41 Å². The van der Waals surface area contributed by atoms with Crippen molar-refractivity contribution in [1.82, 2.24) is 0 Å². The molecule has 0 unspecified atom stereocenters. The van der Waals surface area contributed by atoms with Crippen LogP contribution in [-0.4, -0.2) is 24.9 Å². The first-order valence-corrected chi connectivity index (χ1v) is 7.14. The second-order valence-corrected chi connectivity index (χ2v) is 5.56. The zero-order chi connectivity index (χ0) is 13.3. The predicted molar refractivity (Wildman–Crippen MR) is 76.2 cm³/mol. The van der Waals surface area contributed by atoms with Crippen molar-refractivity contribution in [3.8, 4) is 11.5 Å². The Labute approximate surface area is 117 Å². The van der Waals surface area contributed by atoms with Crippen molar-refractivity contribution in [3.05, 3.63) is 18.2 Å². The lowest BCUT2D eigenvalue weighted by atomic mass is 10.1. The highest BCUT2D eigenvalue weighted by Gasteiger charge is 2.42. The molecule has 3 rings (SSSR count). The number of fused-ring (bicyclic) bond motifs is 1. The van der Waals surface area contributed by atoms with Crippen LogP contribution in [0.4, 0.5) is 5.69 Å². The number of hydrogen-bond donors (Lipinski definition) is 2. The molecule has 1 aromatic carbocycles. The van der Waals surface area contributed by atoms with Crippen molar-refractivity contribution in [2.75, 3.05) is 24.3 Å². The summed E-state index contributed by atoms with van der Waals surface area (Å²) >= 11 is 4.31. The van der Waals surface area contributed by atoms with E-state index in [2.05, 4.69) is 17.9 Å². The number of carbonyl (C=O) groups excluding carboxylic acids is 1. The molecule has 0 spiro atoms. The second kappa shape index (κ2) is 4.96. The Kier molecular flexibility index (Phi) is 3.31. The Balaban J connectivity index is 1.64. The molecule has 5 heteroatoms. The number of amides is 1. The molecule has 1 N–H and O–H groups in total. The lowest BCUT2D eigenvalue weighted by Crippen LogP contribution is -2.19. The minimum absolute atomic E-state index is 0.0447. The SMILES string of the molecule is O=C(CC1(CS)CC1)Nc1ccc2c(c1)OCCO2. The van der Waals surface area contributed by atoms with Gasteiger partial charge in [0, 0.05) is 18.2 Å². The molecule has 0 bridgehead atoms. The predicted octanol–water partition coefficient (Wildman–Crippen LogP) is 2.50. The number of carbonyl (C=O) groups is 1. The molecule has 102 valence electrons. The Morgan fingerprint density at radius 2 is 2.00 bits per heavy atom. The average Bonchev–Trinajstić information content (AvgIpc) is 3.19. The van der Waals surface area contributed by atoms with Crippen LogP contribution in [-0.2, 0) is 4.79 Å². The molecule has 1 aliphatic carbocycles. The first kappa shape index (κ1) is 12.7. The third-order valence-electron chi connectivity index (χ3n) is 3.65. The van der Waals surface area contributed by atoms with Crippen molar-refractivity contribution in [3.63, 3.8) is 0 Å². The van der Waals surface area contributed by atoms with Crippen molar-refractivity contribution in [1.29, 1.82) is 0 Å². The third-order valence-corrected chi connectivity index (χ3v) is 4.32. The molecule has 0 radical (unpaired) electrons. The fourth-order valence-corrected chi connectivity index (χ4v) is 2.66. The molecule has 19 heavy (non-hydrogen) atoms. The number of rotatable bonds is 4. The van der Waals surface area contributed by atoms with Gasteiger partial charge in [-0.05, 0) is 36.1 Å². The molecule has 2 aliphatic rings. The maximum absolute atomic E-state index is 12.0. The quantitative estimate of drug-likeness (QED) is 0.833. The summed E-state index contributed by atoms with van der Waals surface area (Å²) in [5.74, 6) is 2.25. The summed E-state index contributed by atoms with van der Waals surface area (Å²) in [7, 11) is 0. The Hall–Kier alpha value is -1.36. The number of benzene rings is 1. The van der Waals surface area contributed by atoms with Gasteiger partial charge >= 0.3 is 0 Å². The monoisotopic (exact) mass is 279 g/mol. The summed E-state index contributed by atoms with van der Waals surface area (Å²) in [4.78, 5) is 12.0. The van der Waals surface area contributed by atoms with Gasteiger partial charge in [0.25, 0.3) is 0 Å². The number of thiol groups is 1. The fraction of sp³-hybridized carbons (Fsp3) is 0.500. The van der Waals surface area contributed by atoms with Gasteiger partial charge in [0.05, 0.1) is 0 Å². The molecule has 1 aliphatic heterocycles. The van der Waals surface area contributed by atoms with Crippen LogP contribution in [0.1, 0.15) is 19.3 Å². The van der Waals surface area contributed by atoms with Gasteiger partial charge in [-0.1, -0.05) is 0 Å². The van der Waals surface area contributed by atoms with E-state index in [1.165, 1.54) is 0 Å². The molecule has 1 heterocycles. The van der Waals surface area contributed by atoms with Crippen LogP contribution in [0.25, 0.3) is 0 Å². The zero-order valence-electron chi connectivity index (χ0n) is 10.6. The molecule has 0 saturated heterocycles. The van der Waals surface area contributed by atoms with E-state index in [1.54, 1.807) is 0 Å². The van der Waals surface area contributed by atoms with Gasteiger partial charge in [0.2, 0.25) is 5.91 Å². The van der Waals surface area contributed by atoms with Crippen LogP contribution in [0, 0.1) is 5.41 Å². The molecule has 0 atom stereocenters. The van der Waals surface area contributed by atoms with Crippen LogP contribution in [0.5, 0.6) is 11.5 Å². The highest BCUT2D eigenvalue weighted by Crippen LogP contribution is 2.49. The average molecular weight is 279 g/mol. The van der Waals surface area contributed by atoms with Crippen LogP contribution in [0.15, 0.2) is 18.2 Å². The Bertz CT molecular complexity index is 499. The lowest BCUT2D eigenvalue weighted by molar-refractivity contribution is -0.117. The molecule has 1 saturated carbocycles. The van der Waals surface area contributed by atoms with Gasteiger partial charge in [0.15, 0.2) is 11.5 Å². The number of nitrogens with one attached hydrogen (secondary N) is 1. The maximum Gasteiger partial charge on any atom is 0.224 e.